The molecule has 1 rings (SSSR count). The van der Waals surface area contributed by atoms with E-state index in [1.807, 2.05) is 6.92 Å². The Balaban J connectivity index is 2.97. The molecule has 0 bridgehead atoms. The third kappa shape index (κ3) is 2.73. The van der Waals surface area contributed by atoms with Crippen LogP contribution in [-0.4, -0.2) is 17.1 Å². The fourth-order valence-corrected chi connectivity index (χ4v) is 1.35. The molecule has 4 nitrogen and oxygen atoms in total. The predicted molar refractivity (Wildman–Crippen MR) is 62.3 cm³/mol. The lowest BCUT2D eigenvalue weighted by atomic mass is 10.4. The van der Waals surface area contributed by atoms with Crippen molar-refractivity contribution in [1.82, 2.24) is 4.57 Å². The molecule has 0 aromatic carbocycles. The summed E-state index contributed by atoms with van der Waals surface area (Å²) < 4.78 is 5.87. The van der Waals surface area contributed by atoms with Crippen LogP contribution in [0.4, 0.5) is 0 Å². The van der Waals surface area contributed by atoms with Gasteiger partial charge in [-0.3, -0.25) is 9.36 Å². The van der Waals surface area contributed by atoms with Crippen LogP contribution in [0, 0.1) is 0 Å². The molecule has 0 saturated carbocycles. The van der Waals surface area contributed by atoms with E-state index in [-0.39, 0.29) is 17.5 Å². The first-order valence-electron chi connectivity index (χ1n) is 4.82. The number of rotatable bonds is 4. The minimum absolute atomic E-state index is 0.0796. The largest absolute Gasteiger partial charge is 0.461 e. The average molecular weight is 242 g/mol. The number of ether oxygens (including phenoxy) is 1. The normalized spacial score (nSPS) is 9.88. The van der Waals surface area contributed by atoms with Crippen molar-refractivity contribution in [3.8, 4) is 0 Å². The summed E-state index contributed by atoms with van der Waals surface area (Å²) >= 11 is 5.80. The highest BCUT2D eigenvalue weighted by Gasteiger charge is 2.13. The number of pyridine rings is 1. The van der Waals surface area contributed by atoms with Gasteiger partial charge in [-0.25, -0.2) is 4.79 Å². The second kappa shape index (κ2) is 5.51. The molecule has 0 N–H and O–H groups in total. The number of halogens is 1. The first-order valence-corrected chi connectivity index (χ1v) is 5.19. The molecular weight excluding hydrogens is 230 g/mol. The van der Waals surface area contributed by atoms with E-state index in [0.717, 1.165) is 4.57 Å². The van der Waals surface area contributed by atoms with E-state index in [1.54, 1.807) is 0 Å². The van der Waals surface area contributed by atoms with Crippen molar-refractivity contribution in [2.75, 3.05) is 6.61 Å². The SMILES string of the molecule is C=C(C(=O)OCCC)n1c(Cl)cccc1=O. The minimum atomic E-state index is -0.642. The van der Waals surface area contributed by atoms with E-state index in [9.17, 15) is 9.59 Å². The number of carbonyl (C=O) groups excluding carboxylic acids is 1. The summed E-state index contributed by atoms with van der Waals surface area (Å²) in [6.07, 6.45) is 0.705. The van der Waals surface area contributed by atoms with Crippen LogP contribution in [0.5, 0.6) is 0 Å². The Kier molecular flexibility index (Phi) is 4.31. The van der Waals surface area contributed by atoms with E-state index < -0.39 is 11.5 Å². The molecule has 0 aliphatic carbocycles. The topological polar surface area (TPSA) is 48.3 Å². The Bertz CT molecular complexity index is 465. The lowest BCUT2D eigenvalue weighted by Crippen LogP contribution is -2.23. The van der Waals surface area contributed by atoms with Gasteiger partial charge in [0, 0.05) is 6.07 Å². The summed E-state index contributed by atoms with van der Waals surface area (Å²) in [6.45, 7) is 5.66. The van der Waals surface area contributed by atoms with E-state index >= 15 is 0 Å². The molecule has 86 valence electrons. The van der Waals surface area contributed by atoms with Gasteiger partial charge in [-0.15, -0.1) is 0 Å². The van der Waals surface area contributed by atoms with Gasteiger partial charge in [0.05, 0.1) is 6.61 Å². The molecule has 0 fully saturated rings. The third-order valence-corrected chi connectivity index (χ3v) is 2.14. The van der Waals surface area contributed by atoms with Crippen LogP contribution in [0.25, 0.3) is 5.70 Å². The zero-order chi connectivity index (χ0) is 12.1. The monoisotopic (exact) mass is 241 g/mol. The number of hydrogen-bond donors (Lipinski definition) is 0. The molecule has 0 amide bonds. The molecule has 1 aromatic heterocycles. The number of aromatic nitrogens is 1. The van der Waals surface area contributed by atoms with Gasteiger partial charge < -0.3 is 4.74 Å². The average Bonchev–Trinajstić information content (AvgIpc) is 2.25. The van der Waals surface area contributed by atoms with E-state index in [4.69, 9.17) is 16.3 Å². The van der Waals surface area contributed by atoms with Crippen molar-refractivity contribution >= 4 is 23.3 Å². The molecular formula is C11H12ClNO3. The van der Waals surface area contributed by atoms with Crippen LogP contribution >= 0.6 is 11.6 Å². The second-order valence-electron chi connectivity index (χ2n) is 3.10. The molecule has 0 aliphatic heterocycles. The standard InChI is InChI=1S/C11H12ClNO3/c1-3-7-16-11(15)8(2)13-9(12)5-4-6-10(13)14/h4-6H,2-3,7H2,1H3. The van der Waals surface area contributed by atoms with Gasteiger partial charge in [0.15, 0.2) is 0 Å². The van der Waals surface area contributed by atoms with Crippen molar-refractivity contribution < 1.29 is 9.53 Å². The van der Waals surface area contributed by atoms with E-state index in [0.29, 0.717) is 6.42 Å². The zero-order valence-corrected chi connectivity index (χ0v) is 9.66. The maximum Gasteiger partial charge on any atom is 0.354 e. The Morgan fingerprint density at radius 2 is 2.25 bits per heavy atom. The predicted octanol–water partition coefficient (Wildman–Crippen LogP) is 1.93. The van der Waals surface area contributed by atoms with Crippen molar-refractivity contribution in [3.05, 3.63) is 40.3 Å². The van der Waals surface area contributed by atoms with Gasteiger partial charge in [0.1, 0.15) is 10.9 Å². The highest BCUT2D eigenvalue weighted by molar-refractivity contribution is 6.30. The van der Waals surface area contributed by atoms with Crippen LogP contribution in [0.3, 0.4) is 0 Å². The van der Waals surface area contributed by atoms with Crippen LogP contribution in [0.15, 0.2) is 29.6 Å². The maximum atomic E-state index is 11.5. The van der Waals surface area contributed by atoms with Gasteiger partial charge in [-0.05, 0) is 12.5 Å². The highest BCUT2D eigenvalue weighted by Crippen LogP contribution is 2.11. The molecule has 0 atom stereocenters. The van der Waals surface area contributed by atoms with Gasteiger partial charge >= 0.3 is 5.97 Å². The molecule has 0 aliphatic rings. The molecule has 1 heterocycles. The van der Waals surface area contributed by atoms with Crippen molar-refractivity contribution in [2.45, 2.75) is 13.3 Å². The fraction of sp³-hybridized carbons (Fsp3) is 0.273. The molecule has 0 spiro atoms. The summed E-state index contributed by atoms with van der Waals surface area (Å²) in [5.41, 5.74) is -0.491. The third-order valence-electron chi connectivity index (χ3n) is 1.85. The molecule has 1 aromatic rings. The van der Waals surface area contributed by atoms with Crippen molar-refractivity contribution in [1.29, 1.82) is 0 Å². The summed E-state index contributed by atoms with van der Waals surface area (Å²) in [4.78, 5) is 22.9. The molecule has 0 unspecified atom stereocenters. The number of nitrogens with zero attached hydrogens (tertiary/aromatic N) is 1. The molecule has 5 heteroatoms. The Labute approximate surface area is 98.1 Å². The first-order chi connectivity index (χ1) is 7.57. The fourth-order valence-electron chi connectivity index (χ4n) is 1.10. The van der Waals surface area contributed by atoms with Gasteiger partial charge in [0.2, 0.25) is 0 Å². The van der Waals surface area contributed by atoms with Crippen LogP contribution in [0.2, 0.25) is 5.15 Å². The summed E-state index contributed by atoms with van der Waals surface area (Å²) in [5, 5.41) is 0.131. The smallest absolute Gasteiger partial charge is 0.354 e. The van der Waals surface area contributed by atoms with Gasteiger partial charge in [-0.1, -0.05) is 31.2 Å². The number of hydrogen-bond acceptors (Lipinski definition) is 3. The van der Waals surface area contributed by atoms with Gasteiger partial charge in [-0.2, -0.15) is 0 Å². The van der Waals surface area contributed by atoms with Gasteiger partial charge in [0.25, 0.3) is 5.56 Å². The summed E-state index contributed by atoms with van der Waals surface area (Å²) in [5.74, 6) is -0.642. The summed E-state index contributed by atoms with van der Waals surface area (Å²) in [6, 6.07) is 4.30. The lowest BCUT2D eigenvalue weighted by molar-refractivity contribution is -0.137. The highest BCUT2D eigenvalue weighted by atomic mass is 35.5. The van der Waals surface area contributed by atoms with Crippen molar-refractivity contribution in [2.24, 2.45) is 0 Å². The number of esters is 1. The summed E-state index contributed by atoms with van der Waals surface area (Å²) in [7, 11) is 0. The van der Waals surface area contributed by atoms with Crippen molar-refractivity contribution in [3.63, 3.8) is 0 Å². The molecule has 0 saturated heterocycles. The molecule has 16 heavy (non-hydrogen) atoms. The lowest BCUT2D eigenvalue weighted by Gasteiger charge is -2.09. The van der Waals surface area contributed by atoms with Crippen LogP contribution < -0.4 is 5.56 Å². The Morgan fingerprint density at radius 3 is 2.81 bits per heavy atom. The van der Waals surface area contributed by atoms with Crippen LogP contribution in [-0.2, 0) is 9.53 Å². The quantitative estimate of drug-likeness (QED) is 0.460. The number of carbonyl (C=O) groups is 1. The first kappa shape index (κ1) is 12.5. The molecule has 0 radical (unpaired) electrons. The van der Waals surface area contributed by atoms with E-state index in [1.165, 1.54) is 18.2 Å². The maximum absolute atomic E-state index is 11.5. The van der Waals surface area contributed by atoms with E-state index in [2.05, 4.69) is 6.58 Å². The second-order valence-corrected chi connectivity index (χ2v) is 3.49. The minimum Gasteiger partial charge on any atom is -0.461 e. The Hall–Kier alpha value is -1.55. The Morgan fingerprint density at radius 1 is 1.56 bits per heavy atom. The van der Waals surface area contributed by atoms with Crippen LogP contribution in [0.1, 0.15) is 13.3 Å². The zero-order valence-electron chi connectivity index (χ0n) is 8.90.